The highest BCUT2D eigenvalue weighted by atomic mass is 79.9. The van der Waals surface area contributed by atoms with E-state index in [9.17, 15) is 9.59 Å². The topological polar surface area (TPSA) is 55.7 Å². The maximum atomic E-state index is 11.8. The predicted octanol–water partition coefficient (Wildman–Crippen LogP) is 3.72. The third-order valence-corrected chi connectivity index (χ3v) is 5.02. The van der Waals surface area contributed by atoms with E-state index in [2.05, 4.69) is 20.9 Å². The predicted molar refractivity (Wildman–Crippen MR) is 91.2 cm³/mol. The molecule has 1 heterocycles. The second-order valence-electron chi connectivity index (χ2n) is 3.94. The first-order chi connectivity index (χ1) is 10.1. The molecular weight excluding hydrogens is 374 g/mol. The summed E-state index contributed by atoms with van der Waals surface area (Å²) in [5.41, 5.74) is 0.931. The highest BCUT2D eigenvalue weighted by Gasteiger charge is 2.22. The van der Waals surface area contributed by atoms with Crippen molar-refractivity contribution in [3.63, 3.8) is 0 Å². The zero-order valence-corrected chi connectivity index (χ0v) is 14.4. The number of amides is 1. The van der Waals surface area contributed by atoms with Gasteiger partial charge in [0.05, 0.1) is 17.3 Å². The molecule has 0 atom stereocenters. The van der Waals surface area contributed by atoms with Crippen molar-refractivity contribution in [2.45, 2.75) is 6.92 Å². The van der Waals surface area contributed by atoms with Gasteiger partial charge in [-0.3, -0.25) is 9.59 Å². The van der Waals surface area contributed by atoms with Crippen LogP contribution in [0.15, 0.2) is 38.6 Å². The number of benzene rings is 1. The van der Waals surface area contributed by atoms with E-state index in [1.165, 1.54) is 23.5 Å². The van der Waals surface area contributed by atoms with Gasteiger partial charge in [-0.2, -0.15) is 4.99 Å². The summed E-state index contributed by atoms with van der Waals surface area (Å²) in [6, 6.07) is 7.64. The number of nitrogens with zero attached hydrogens (tertiary/aromatic N) is 1. The van der Waals surface area contributed by atoms with E-state index in [4.69, 9.17) is 4.74 Å². The lowest BCUT2D eigenvalue weighted by atomic mass is 10.2. The molecule has 0 spiro atoms. The highest BCUT2D eigenvalue weighted by molar-refractivity contribution is 9.10. The summed E-state index contributed by atoms with van der Waals surface area (Å²) < 4.78 is 6.40. The van der Waals surface area contributed by atoms with Gasteiger partial charge in [0, 0.05) is 4.47 Å². The molecule has 0 N–H and O–H groups in total. The fourth-order valence-electron chi connectivity index (χ4n) is 1.49. The Hall–Kier alpha value is -1.05. The number of rotatable bonds is 4. The van der Waals surface area contributed by atoms with Crippen LogP contribution in [0.3, 0.4) is 0 Å². The molecule has 0 unspecified atom stereocenters. The molecule has 0 saturated heterocycles. The molecule has 1 aromatic carbocycles. The quantitative estimate of drug-likeness (QED) is 0.583. The van der Waals surface area contributed by atoms with Gasteiger partial charge >= 0.3 is 5.97 Å². The van der Waals surface area contributed by atoms with Crippen molar-refractivity contribution in [2.24, 2.45) is 4.99 Å². The second kappa shape index (κ2) is 7.82. The molecule has 7 heteroatoms. The van der Waals surface area contributed by atoms with Crippen molar-refractivity contribution in [1.82, 2.24) is 0 Å². The largest absolute Gasteiger partial charge is 0.465 e. The molecule has 1 amide bonds. The number of ether oxygens (including phenoxy) is 1. The number of aliphatic imine (C=N–C) groups is 1. The fraction of sp³-hybridized carbons (Fsp3) is 0.214. The van der Waals surface area contributed by atoms with Gasteiger partial charge in [-0.1, -0.05) is 51.6 Å². The van der Waals surface area contributed by atoms with Crippen molar-refractivity contribution < 1.29 is 14.3 Å². The third kappa shape index (κ3) is 5.01. The fourth-order valence-corrected chi connectivity index (χ4v) is 3.55. The average Bonchev–Trinajstić information content (AvgIpc) is 2.80. The van der Waals surface area contributed by atoms with E-state index in [-0.39, 0.29) is 17.6 Å². The number of carbonyl (C=O) groups is 2. The summed E-state index contributed by atoms with van der Waals surface area (Å²) in [5, 5.41) is 0. The van der Waals surface area contributed by atoms with Crippen LogP contribution in [0.4, 0.5) is 0 Å². The van der Waals surface area contributed by atoms with Gasteiger partial charge in [0.15, 0.2) is 0 Å². The van der Waals surface area contributed by atoms with Crippen LogP contribution in [-0.4, -0.2) is 28.6 Å². The molecule has 0 aromatic heterocycles. The number of halogens is 1. The summed E-state index contributed by atoms with van der Waals surface area (Å²) >= 11 is 5.87. The van der Waals surface area contributed by atoms with Crippen LogP contribution >= 0.6 is 39.5 Å². The Balaban J connectivity index is 1.96. The van der Waals surface area contributed by atoms with Gasteiger partial charge in [0.1, 0.15) is 4.38 Å². The molecule has 4 nitrogen and oxygen atoms in total. The molecule has 0 saturated carbocycles. The standard InChI is InChI=1S/C14H12BrNO3S2/c1-2-19-12(17)8-20-14-16-13(18)11(21-14)7-9-3-5-10(15)6-4-9/h3-7H,2,8H2,1H3/b11-7-. The van der Waals surface area contributed by atoms with Crippen molar-refractivity contribution in [3.05, 3.63) is 39.2 Å². The number of hydrogen-bond acceptors (Lipinski definition) is 5. The first-order valence-corrected chi connectivity index (χ1v) is 8.74. The normalized spacial score (nSPS) is 16.2. The van der Waals surface area contributed by atoms with E-state index in [1.807, 2.05) is 24.3 Å². The minimum atomic E-state index is -0.302. The van der Waals surface area contributed by atoms with Crippen molar-refractivity contribution >= 4 is 61.8 Å². The van der Waals surface area contributed by atoms with Crippen molar-refractivity contribution in [1.29, 1.82) is 0 Å². The van der Waals surface area contributed by atoms with Gasteiger partial charge in [0.25, 0.3) is 5.91 Å². The minimum Gasteiger partial charge on any atom is -0.465 e. The van der Waals surface area contributed by atoms with E-state index >= 15 is 0 Å². The number of esters is 1. The van der Waals surface area contributed by atoms with Crippen LogP contribution < -0.4 is 0 Å². The summed E-state index contributed by atoms with van der Waals surface area (Å²) in [6.07, 6.45) is 1.79. The molecule has 0 aliphatic carbocycles. The summed E-state index contributed by atoms with van der Waals surface area (Å²) in [5.74, 6) is -0.406. The summed E-state index contributed by atoms with van der Waals surface area (Å²) in [6.45, 7) is 2.11. The van der Waals surface area contributed by atoms with Gasteiger partial charge in [-0.15, -0.1) is 0 Å². The molecule has 2 rings (SSSR count). The highest BCUT2D eigenvalue weighted by Crippen LogP contribution is 2.33. The smallest absolute Gasteiger partial charge is 0.316 e. The molecule has 0 radical (unpaired) electrons. The maximum absolute atomic E-state index is 11.8. The lowest BCUT2D eigenvalue weighted by Gasteiger charge is -2.00. The average molecular weight is 386 g/mol. The molecule has 1 aliphatic rings. The van der Waals surface area contributed by atoms with E-state index in [1.54, 1.807) is 13.0 Å². The van der Waals surface area contributed by atoms with Crippen molar-refractivity contribution in [2.75, 3.05) is 12.4 Å². The summed E-state index contributed by atoms with van der Waals surface area (Å²) in [7, 11) is 0. The van der Waals surface area contributed by atoms with Crippen LogP contribution in [-0.2, 0) is 14.3 Å². The van der Waals surface area contributed by atoms with Gasteiger partial charge in [0.2, 0.25) is 0 Å². The zero-order valence-electron chi connectivity index (χ0n) is 11.2. The molecule has 1 aliphatic heterocycles. The molecule has 1 aromatic rings. The molecular formula is C14H12BrNO3S2. The van der Waals surface area contributed by atoms with E-state index in [0.29, 0.717) is 15.9 Å². The Kier molecular flexibility index (Phi) is 6.08. The first-order valence-electron chi connectivity index (χ1n) is 6.15. The Morgan fingerprint density at radius 1 is 1.43 bits per heavy atom. The van der Waals surface area contributed by atoms with Gasteiger partial charge in [-0.05, 0) is 30.7 Å². The zero-order chi connectivity index (χ0) is 15.2. The van der Waals surface area contributed by atoms with E-state index < -0.39 is 0 Å². The SMILES string of the molecule is CCOC(=O)CSC1=NC(=O)/C(=C/c2ccc(Br)cc2)S1. The summed E-state index contributed by atoms with van der Waals surface area (Å²) in [4.78, 5) is 27.6. The van der Waals surface area contributed by atoms with Crippen LogP contribution in [0, 0.1) is 0 Å². The molecule has 0 fully saturated rings. The Bertz CT molecular complexity index is 611. The maximum Gasteiger partial charge on any atom is 0.316 e. The van der Waals surface area contributed by atoms with Crippen LogP contribution in [0.2, 0.25) is 0 Å². The van der Waals surface area contributed by atoms with Gasteiger partial charge < -0.3 is 4.74 Å². The van der Waals surface area contributed by atoms with Crippen molar-refractivity contribution in [3.8, 4) is 0 Å². The van der Waals surface area contributed by atoms with Gasteiger partial charge in [-0.25, -0.2) is 0 Å². The van der Waals surface area contributed by atoms with Crippen LogP contribution in [0.25, 0.3) is 6.08 Å². The second-order valence-corrected chi connectivity index (χ2v) is 7.11. The van der Waals surface area contributed by atoms with E-state index in [0.717, 1.165) is 10.0 Å². The third-order valence-electron chi connectivity index (χ3n) is 2.39. The lowest BCUT2D eigenvalue weighted by Crippen LogP contribution is -2.07. The van der Waals surface area contributed by atoms with Crippen LogP contribution in [0.5, 0.6) is 0 Å². The first kappa shape index (κ1) is 16.3. The number of carbonyl (C=O) groups excluding carboxylic acids is 2. The Morgan fingerprint density at radius 3 is 2.81 bits per heavy atom. The monoisotopic (exact) mass is 385 g/mol. The lowest BCUT2D eigenvalue weighted by molar-refractivity contribution is -0.139. The molecule has 21 heavy (non-hydrogen) atoms. The minimum absolute atomic E-state index is 0.165. The Labute approximate surface area is 139 Å². The number of thioether (sulfide) groups is 2. The Morgan fingerprint density at radius 2 is 2.14 bits per heavy atom. The molecule has 110 valence electrons. The number of hydrogen-bond donors (Lipinski definition) is 0. The van der Waals surface area contributed by atoms with Crippen LogP contribution in [0.1, 0.15) is 12.5 Å². The molecule has 0 bridgehead atoms.